The van der Waals surface area contributed by atoms with Crippen LogP contribution in [0.3, 0.4) is 0 Å². The summed E-state index contributed by atoms with van der Waals surface area (Å²) in [6.07, 6.45) is 3.86. The van der Waals surface area contributed by atoms with Crippen molar-refractivity contribution in [2.45, 2.75) is 25.4 Å². The minimum atomic E-state index is -0.134. The van der Waals surface area contributed by atoms with Crippen molar-refractivity contribution >= 4 is 29.9 Å². The number of morpholine rings is 1. The second-order valence-corrected chi connectivity index (χ2v) is 8.11. The second kappa shape index (κ2) is 11.0. The molecule has 0 bridgehead atoms. The molecule has 8 nitrogen and oxygen atoms in total. The summed E-state index contributed by atoms with van der Waals surface area (Å²) in [5.41, 5.74) is 2.12. The number of guanidine groups is 1. The first-order chi connectivity index (χ1) is 14.4. The van der Waals surface area contributed by atoms with Crippen LogP contribution in [0.5, 0.6) is 11.5 Å². The first kappa shape index (κ1) is 25.3. The summed E-state index contributed by atoms with van der Waals surface area (Å²) in [7, 11) is 7.04. The Morgan fingerprint density at radius 1 is 1.29 bits per heavy atom. The SMILES string of the molecule is CN=C(NCC(C)(C)c1ccc(OC)c(OC)c1)N1CCOC(c2cnn(C)c2)C1.I. The molecular weight excluding hydrogens is 509 g/mol. The van der Waals surface area contributed by atoms with Crippen LogP contribution in [0.2, 0.25) is 0 Å². The molecule has 172 valence electrons. The number of aliphatic imine (C=N–C) groups is 1. The van der Waals surface area contributed by atoms with Gasteiger partial charge in [0.25, 0.3) is 0 Å². The van der Waals surface area contributed by atoms with Crippen molar-refractivity contribution in [3.05, 3.63) is 41.7 Å². The molecule has 0 aliphatic carbocycles. The van der Waals surface area contributed by atoms with Crippen LogP contribution in [0.15, 0.2) is 35.6 Å². The largest absolute Gasteiger partial charge is 0.493 e. The number of aromatic nitrogens is 2. The zero-order valence-electron chi connectivity index (χ0n) is 19.2. The highest BCUT2D eigenvalue weighted by Crippen LogP contribution is 2.33. The molecule has 9 heteroatoms. The molecule has 1 aliphatic heterocycles. The molecule has 0 radical (unpaired) electrons. The maximum absolute atomic E-state index is 5.96. The van der Waals surface area contributed by atoms with Crippen LogP contribution in [-0.2, 0) is 17.2 Å². The molecular formula is C22H34IN5O3. The number of ether oxygens (including phenoxy) is 3. The fourth-order valence-electron chi connectivity index (χ4n) is 3.64. The van der Waals surface area contributed by atoms with E-state index in [1.807, 2.05) is 38.6 Å². The van der Waals surface area contributed by atoms with Gasteiger partial charge in [-0.2, -0.15) is 5.10 Å². The van der Waals surface area contributed by atoms with Gasteiger partial charge in [-0.1, -0.05) is 19.9 Å². The number of nitrogens with one attached hydrogen (secondary N) is 1. The van der Waals surface area contributed by atoms with E-state index in [2.05, 4.69) is 40.2 Å². The van der Waals surface area contributed by atoms with Gasteiger partial charge in [-0.15, -0.1) is 24.0 Å². The fourth-order valence-corrected chi connectivity index (χ4v) is 3.64. The smallest absolute Gasteiger partial charge is 0.193 e. The average Bonchev–Trinajstić information content (AvgIpc) is 3.20. The summed E-state index contributed by atoms with van der Waals surface area (Å²) in [5.74, 6) is 2.34. The van der Waals surface area contributed by atoms with E-state index < -0.39 is 0 Å². The lowest BCUT2D eigenvalue weighted by Crippen LogP contribution is -2.50. The lowest BCUT2D eigenvalue weighted by atomic mass is 9.84. The Labute approximate surface area is 202 Å². The van der Waals surface area contributed by atoms with Gasteiger partial charge in [0.2, 0.25) is 0 Å². The van der Waals surface area contributed by atoms with Gasteiger partial charge in [0, 0.05) is 44.4 Å². The molecule has 1 atom stereocenters. The molecule has 0 amide bonds. The van der Waals surface area contributed by atoms with Gasteiger partial charge in [-0.05, 0) is 17.7 Å². The van der Waals surface area contributed by atoms with E-state index in [1.54, 1.807) is 18.9 Å². The highest BCUT2D eigenvalue weighted by atomic mass is 127. The maximum Gasteiger partial charge on any atom is 0.193 e. The summed E-state index contributed by atoms with van der Waals surface area (Å²) in [4.78, 5) is 6.76. The van der Waals surface area contributed by atoms with Crippen LogP contribution in [0, 0.1) is 0 Å². The number of halogens is 1. The lowest BCUT2D eigenvalue weighted by molar-refractivity contribution is -0.00808. The van der Waals surface area contributed by atoms with Gasteiger partial charge in [0.15, 0.2) is 17.5 Å². The van der Waals surface area contributed by atoms with Crippen molar-refractivity contribution in [3.63, 3.8) is 0 Å². The van der Waals surface area contributed by atoms with Crippen molar-refractivity contribution < 1.29 is 14.2 Å². The molecule has 1 N–H and O–H groups in total. The number of hydrogen-bond donors (Lipinski definition) is 1. The lowest BCUT2D eigenvalue weighted by Gasteiger charge is -2.36. The standard InChI is InChI=1S/C22H33N5O3.HI/c1-22(2,17-7-8-18(28-5)19(11-17)29-6)15-24-21(23-3)27-9-10-30-20(14-27)16-12-25-26(4)13-16;/h7-8,11-13,20H,9-10,14-15H2,1-6H3,(H,23,24);1H. The van der Waals surface area contributed by atoms with Gasteiger partial charge in [0.05, 0.1) is 33.6 Å². The third-order valence-electron chi connectivity index (χ3n) is 5.53. The van der Waals surface area contributed by atoms with Crippen LogP contribution in [0.25, 0.3) is 0 Å². The van der Waals surface area contributed by atoms with E-state index in [-0.39, 0.29) is 35.5 Å². The molecule has 2 heterocycles. The monoisotopic (exact) mass is 543 g/mol. The van der Waals surface area contributed by atoms with E-state index >= 15 is 0 Å². The van der Waals surface area contributed by atoms with Gasteiger partial charge in [-0.3, -0.25) is 9.67 Å². The summed E-state index contributed by atoms with van der Waals surface area (Å²) >= 11 is 0. The zero-order valence-corrected chi connectivity index (χ0v) is 21.5. The van der Waals surface area contributed by atoms with Crippen LogP contribution in [0.1, 0.15) is 31.1 Å². The van der Waals surface area contributed by atoms with E-state index in [9.17, 15) is 0 Å². The molecule has 0 saturated carbocycles. The van der Waals surface area contributed by atoms with Crippen molar-refractivity contribution in [2.24, 2.45) is 12.0 Å². The van der Waals surface area contributed by atoms with E-state index in [4.69, 9.17) is 14.2 Å². The highest BCUT2D eigenvalue weighted by molar-refractivity contribution is 14.0. The predicted molar refractivity (Wildman–Crippen MR) is 133 cm³/mol. The number of aryl methyl sites for hydroxylation is 1. The van der Waals surface area contributed by atoms with Crippen molar-refractivity contribution in [1.82, 2.24) is 20.0 Å². The van der Waals surface area contributed by atoms with Crippen LogP contribution >= 0.6 is 24.0 Å². The third-order valence-corrected chi connectivity index (χ3v) is 5.53. The Balaban J connectivity index is 0.00000341. The Bertz CT molecular complexity index is 884. The summed E-state index contributed by atoms with van der Waals surface area (Å²) in [5, 5.41) is 7.81. The minimum absolute atomic E-state index is 0. The first-order valence-electron chi connectivity index (χ1n) is 10.2. The molecule has 1 fully saturated rings. The Kier molecular flexibility index (Phi) is 8.99. The Hall–Kier alpha value is -2.01. The predicted octanol–water partition coefficient (Wildman–Crippen LogP) is 2.98. The third kappa shape index (κ3) is 6.03. The minimum Gasteiger partial charge on any atom is -0.493 e. The molecule has 1 aromatic heterocycles. The maximum atomic E-state index is 5.96. The molecule has 1 unspecified atom stereocenters. The Morgan fingerprint density at radius 2 is 2.03 bits per heavy atom. The number of nitrogens with zero attached hydrogens (tertiary/aromatic N) is 4. The molecule has 2 aromatic rings. The average molecular weight is 543 g/mol. The molecule has 1 aliphatic rings. The molecule has 1 aromatic carbocycles. The van der Waals surface area contributed by atoms with Crippen molar-refractivity contribution in [2.75, 3.05) is 47.5 Å². The quantitative estimate of drug-likeness (QED) is 0.343. The number of rotatable bonds is 6. The van der Waals surface area contributed by atoms with Gasteiger partial charge in [-0.25, -0.2) is 0 Å². The molecule has 0 spiro atoms. The zero-order chi connectivity index (χ0) is 21.7. The summed E-state index contributed by atoms with van der Waals surface area (Å²) in [6.45, 7) is 7.32. The van der Waals surface area contributed by atoms with Gasteiger partial charge >= 0.3 is 0 Å². The molecule has 1 saturated heterocycles. The van der Waals surface area contributed by atoms with Gasteiger partial charge < -0.3 is 24.4 Å². The first-order valence-corrected chi connectivity index (χ1v) is 10.2. The number of methoxy groups -OCH3 is 2. The Morgan fingerprint density at radius 3 is 2.65 bits per heavy atom. The molecule has 31 heavy (non-hydrogen) atoms. The van der Waals surface area contributed by atoms with Crippen LogP contribution < -0.4 is 14.8 Å². The molecule has 3 rings (SSSR count). The normalized spacial score (nSPS) is 17.2. The van der Waals surface area contributed by atoms with E-state index in [1.165, 1.54) is 5.56 Å². The topological polar surface area (TPSA) is 73.1 Å². The summed E-state index contributed by atoms with van der Waals surface area (Å²) < 4.78 is 18.6. The fraction of sp³-hybridized carbons (Fsp3) is 0.545. The van der Waals surface area contributed by atoms with E-state index in [0.29, 0.717) is 6.61 Å². The second-order valence-electron chi connectivity index (χ2n) is 8.11. The number of benzene rings is 1. The van der Waals surface area contributed by atoms with Crippen LogP contribution in [0.4, 0.5) is 0 Å². The summed E-state index contributed by atoms with van der Waals surface area (Å²) in [6, 6.07) is 6.07. The van der Waals surface area contributed by atoms with E-state index in [0.717, 1.165) is 42.7 Å². The van der Waals surface area contributed by atoms with Crippen molar-refractivity contribution in [1.29, 1.82) is 0 Å². The number of hydrogen-bond acceptors (Lipinski definition) is 5. The highest BCUT2D eigenvalue weighted by Gasteiger charge is 2.27. The van der Waals surface area contributed by atoms with Crippen molar-refractivity contribution in [3.8, 4) is 11.5 Å². The van der Waals surface area contributed by atoms with Gasteiger partial charge in [0.1, 0.15) is 6.10 Å². The van der Waals surface area contributed by atoms with Crippen LogP contribution in [-0.4, -0.2) is 68.1 Å².